The first-order chi connectivity index (χ1) is 15.7. The van der Waals surface area contributed by atoms with Crippen LogP contribution in [0.5, 0.6) is 23.0 Å². The SMILES string of the molecule is COc1ccc(CCNC(=O)COCc2cc(-c3ccc4c(c3)OCO4)on2)c(OC)c1. The first-order valence-corrected chi connectivity index (χ1v) is 10.1. The van der Waals surface area contributed by atoms with Crippen LogP contribution in [0, 0.1) is 0 Å². The van der Waals surface area contributed by atoms with Gasteiger partial charge in [0.05, 0.1) is 20.8 Å². The highest BCUT2D eigenvalue weighted by molar-refractivity contribution is 5.77. The van der Waals surface area contributed by atoms with E-state index in [0.29, 0.717) is 35.9 Å². The summed E-state index contributed by atoms with van der Waals surface area (Å²) < 4.78 is 32.1. The van der Waals surface area contributed by atoms with E-state index in [2.05, 4.69) is 10.5 Å². The third kappa shape index (κ3) is 5.12. The molecule has 0 fully saturated rings. The Balaban J connectivity index is 1.20. The topological polar surface area (TPSA) is 101 Å². The molecule has 4 rings (SSSR count). The van der Waals surface area contributed by atoms with Crippen molar-refractivity contribution in [1.29, 1.82) is 0 Å². The smallest absolute Gasteiger partial charge is 0.246 e. The maximum atomic E-state index is 12.1. The van der Waals surface area contributed by atoms with Crippen LogP contribution < -0.4 is 24.3 Å². The Morgan fingerprint density at radius 3 is 2.78 bits per heavy atom. The third-order valence-electron chi connectivity index (χ3n) is 4.91. The summed E-state index contributed by atoms with van der Waals surface area (Å²) in [5, 5.41) is 6.82. The van der Waals surface area contributed by atoms with Gasteiger partial charge in [-0.25, -0.2) is 0 Å². The van der Waals surface area contributed by atoms with Crippen LogP contribution in [-0.4, -0.2) is 45.2 Å². The predicted octanol–water partition coefficient (Wildman–Crippen LogP) is 2.96. The Labute approximate surface area is 185 Å². The van der Waals surface area contributed by atoms with Gasteiger partial charge in [-0.15, -0.1) is 0 Å². The number of fused-ring (bicyclic) bond motifs is 1. The van der Waals surface area contributed by atoms with Crippen LogP contribution in [-0.2, 0) is 22.6 Å². The van der Waals surface area contributed by atoms with E-state index in [1.807, 2.05) is 36.4 Å². The third-order valence-corrected chi connectivity index (χ3v) is 4.91. The van der Waals surface area contributed by atoms with Crippen molar-refractivity contribution in [3.63, 3.8) is 0 Å². The highest BCUT2D eigenvalue weighted by atomic mass is 16.7. The molecule has 0 saturated carbocycles. The molecule has 0 atom stereocenters. The number of aromatic nitrogens is 1. The summed E-state index contributed by atoms with van der Waals surface area (Å²) in [4.78, 5) is 12.1. The molecule has 0 unspecified atom stereocenters. The highest BCUT2D eigenvalue weighted by Gasteiger charge is 2.16. The number of carbonyl (C=O) groups is 1. The van der Waals surface area contributed by atoms with Crippen molar-refractivity contribution in [3.8, 4) is 34.3 Å². The maximum absolute atomic E-state index is 12.1. The summed E-state index contributed by atoms with van der Waals surface area (Å²) in [6, 6.07) is 12.9. The molecule has 0 aliphatic carbocycles. The van der Waals surface area contributed by atoms with Gasteiger partial charge in [-0.05, 0) is 36.2 Å². The lowest BCUT2D eigenvalue weighted by atomic mass is 10.1. The molecule has 3 aromatic rings. The Hall–Kier alpha value is -3.72. The molecule has 0 saturated heterocycles. The van der Waals surface area contributed by atoms with E-state index in [1.54, 1.807) is 20.3 Å². The number of hydrogen-bond donors (Lipinski definition) is 1. The largest absolute Gasteiger partial charge is 0.497 e. The van der Waals surface area contributed by atoms with E-state index in [-0.39, 0.29) is 25.9 Å². The fourth-order valence-electron chi connectivity index (χ4n) is 3.26. The van der Waals surface area contributed by atoms with Crippen LogP contribution in [0.4, 0.5) is 0 Å². The van der Waals surface area contributed by atoms with Crippen LogP contribution in [0.1, 0.15) is 11.3 Å². The van der Waals surface area contributed by atoms with Gasteiger partial charge in [-0.2, -0.15) is 0 Å². The van der Waals surface area contributed by atoms with Gasteiger partial charge < -0.3 is 33.5 Å². The molecule has 0 spiro atoms. The first kappa shape index (κ1) is 21.5. The number of methoxy groups -OCH3 is 2. The summed E-state index contributed by atoms with van der Waals surface area (Å²) in [5.41, 5.74) is 2.39. The quantitative estimate of drug-likeness (QED) is 0.514. The summed E-state index contributed by atoms with van der Waals surface area (Å²) in [5.74, 6) is 3.18. The summed E-state index contributed by atoms with van der Waals surface area (Å²) in [6.07, 6.45) is 0.626. The molecule has 1 N–H and O–H groups in total. The van der Waals surface area contributed by atoms with Crippen LogP contribution in [0.3, 0.4) is 0 Å². The van der Waals surface area contributed by atoms with Gasteiger partial charge in [0.2, 0.25) is 12.7 Å². The summed E-state index contributed by atoms with van der Waals surface area (Å²) in [6.45, 7) is 0.757. The number of nitrogens with zero attached hydrogens (tertiary/aromatic N) is 1. The van der Waals surface area contributed by atoms with Crippen LogP contribution in [0.15, 0.2) is 47.0 Å². The normalized spacial score (nSPS) is 11.9. The van der Waals surface area contributed by atoms with Crippen molar-refractivity contribution in [2.24, 2.45) is 0 Å². The monoisotopic (exact) mass is 440 g/mol. The van der Waals surface area contributed by atoms with Crippen molar-refractivity contribution in [2.75, 3.05) is 34.2 Å². The van der Waals surface area contributed by atoms with Gasteiger partial charge in [-0.1, -0.05) is 11.2 Å². The number of amides is 1. The Bertz CT molecular complexity index is 1080. The Morgan fingerprint density at radius 2 is 1.94 bits per heavy atom. The second kappa shape index (κ2) is 10.1. The second-order valence-electron chi connectivity index (χ2n) is 7.02. The van der Waals surface area contributed by atoms with Crippen LogP contribution in [0.2, 0.25) is 0 Å². The van der Waals surface area contributed by atoms with Crippen molar-refractivity contribution in [2.45, 2.75) is 13.0 Å². The molecule has 1 aromatic heterocycles. The molecule has 2 aromatic carbocycles. The molecule has 9 nitrogen and oxygen atoms in total. The van der Waals surface area contributed by atoms with E-state index < -0.39 is 0 Å². The van der Waals surface area contributed by atoms with Crippen molar-refractivity contribution >= 4 is 5.91 Å². The first-order valence-electron chi connectivity index (χ1n) is 10.1. The van der Waals surface area contributed by atoms with Crippen molar-refractivity contribution in [1.82, 2.24) is 10.5 Å². The zero-order valence-corrected chi connectivity index (χ0v) is 17.9. The molecule has 9 heteroatoms. The molecule has 1 aliphatic heterocycles. The number of hydrogen-bond acceptors (Lipinski definition) is 8. The summed E-state index contributed by atoms with van der Waals surface area (Å²) in [7, 11) is 3.21. The maximum Gasteiger partial charge on any atom is 0.246 e. The standard InChI is InChI=1S/C23H24N2O7/c1-27-18-5-3-15(20(11-18)28-2)7-8-24-23(26)13-29-12-17-10-21(32-25-17)16-4-6-19-22(9-16)31-14-30-19/h3-6,9-11H,7-8,12-14H2,1-2H3,(H,24,26). The second-order valence-corrected chi connectivity index (χ2v) is 7.02. The van der Waals surface area contributed by atoms with Crippen LogP contribution in [0.25, 0.3) is 11.3 Å². The zero-order valence-electron chi connectivity index (χ0n) is 17.9. The zero-order chi connectivity index (χ0) is 22.3. The molecular formula is C23H24N2O7. The lowest BCUT2D eigenvalue weighted by molar-refractivity contribution is -0.126. The molecule has 0 bridgehead atoms. The van der Waals surface area contributed by atoms with Crippen molar-refractivity contribution < 1.29 is 33.0 Å². The molecule has 1 amide bonds. The van der Waals surface area contributed by atoms with Crippen molar-refractivity contribution in [3.05, 3.63) is 53.7 Å². The molecule has 32 heavy (non-hydrogen) atoms. The van der Waals surface area contributed by atoms with Gasteiger partial charge in [0, 0.05) is 24.2 Å². The fraction of sp³-hybridized carbons (Fsp3) is 0.304. The van der Waals surface area contributed by atoms with E-state index >= 15 is 0 Å². The van der Waals surface area contributed by atoms with Gasteiger partial charge in [0.1, 0.15) is 23.8 Å². The molecule has 168 valence electrons. The number of ether oxygens (including phenoxy) is 5. The number of rotatable bonds is 10. The van der Waals surface area contributed by atoms with Crippen LogP contribution >= 0.6 is 0 Å². The Morgan fingerprint density at radius 1 is 1.06 bits per heavy atom. The predicted molar refractivity (Wildman–Crippen MR) is 114 cm³/mol. The number of carbonyl (C=O) groups excluding carboxylic acids is 1. The van der Waals surface area contributed by atoms with Gasteiger partial charge >= 0.3 is 0 Å². The lowest BCUT2D eigenvalue weighted by Crippen LogP contribution is -2.29. The molecule has 1 aliphatic rings. The minimum atomic E-state index is -0.211. The average molecular weight is 440 g/mol. The minimum Gasteiger partial charge on any atom is -0.497 e. The highest BCUT2D eigenvalue weighted by Crippen LogP contribution is 2.36. The number of benzene rings is 2. The lowest BCUT2D eigenvalue weighted by Gasteiger charge is -2.11. The molecule has 2 heterocycles. The van der Waals surface area contributed by atoms with Gasteiger partial charge in [0.25, 0.3) is 0 Å². The van der Waals surface area contributed by atoms with E-state index in [1.165, 1.54) is 0 Å². The van der Waals surface area contributed by atoms with E-state index in [9.17, 15) is 4.79 Å². The fourth-order valence-corrected chi connectivity index (χ4v) is 3.26. The van der Waals surface area contributed by atoms with Gasteiger partial charge in [0.15, 0.2) is 17.3 Å². The summed E-state index contributed by atoms with van der Waals surface area (Å²) >= 11 is 0. The van der Waals surface area contributed by atoms with E-state index in [4.69, 9.17) is 28.2 Å². The average Bonchev–Trinajstić information content (AvgIpc) is 3.48. The molecular weight excluding hydrogens is 416 g/mol. The number of nitrogens with one attached hydrogen (secondary N) is 1. The van der Waals surface area contributed by atoms with E-state index in [0.717, 1.165) is 22.6 Å². The van der Waals surface area contributed by atoms with Gasteiger partial charge in [-0.3, -0.25) is 4.79 Å². The Kier molecular flexibility index (Phi) is 6.76. The minimum absolute atomic E-state index is 0.0774. The molecule has 0 radical (unpaired) electrons.